The molecule has 37 heavy (non-hydrogen) atoms. The summed E-state index contributed by atoms with van der Waals surface area (Å²) in [5, 5.41) is 0. The maximum Gasteiger partial charge on any atom is 0.416 e. The average molecular weight is 502 g/mol. The van der Waals surface area contributed by atoms with Crippen LogP contribution in [0.25, 0.3) is 11.1 Å². The van der Waals surface area contributed by atoms with Crippen LogP contribution in [0.3, 0.4) is 0 Å². The Hall–Kier alpha value is -4.00. The molecule has 1 heterocycles. The van der Waals surface area contributed by atoms with Crippen LogP contribution < -0.4 is 4.90 Å². The molecule has 0 spiro atoms. The van der Waals surface area contributed by atoms with E-state index in [0.717, 1.165) is 28.2 Å². The Morgan fingerprint density at radius 1 is 0.676 bits per heavy atom. The van der Waals surface area contributed by atoms with Crippen LogP contribution in [0.1, 0.15) is 30.5 Å². The normalized spacial score (nSPS) is 28.9. The first-order valence-corrected chi connectivity index (χ1v) is 12.0. The molecule has 3 aromatic carbocycles. The molecule has 6 rings (SSSR count). The van der Waals surface area contributed by atoms with Gasteiger partial charge in [-0.2, -0.15) is 13.2 Å². The van der Waals surface area contributed by atoms with Gasteiger partial charge in [-0.05, 0) is 54.3 Å². The standard InChI is InChI=1S/C30H22F3NO3/c1-28-21(17-10-5-3-6-11-17)22(18-12-7-4-8-13-18)29(2,27(28)37)24-23(28)25(35)34(26(24)36)20-15-9-14-19(16-20)30(31,32)33/h3-16,23-24H,1-2H3. The maximum atomic E-state index is 14.2. The molecule has 1 saturated carbocycles. The van der Waals surface area contributed by atoms with E-state index in [4.69, 9.17) is 0 Å². The van der Waals surface area contributed by atoms with E-state index in [1.807, 2.05) is 60.7 Å². The predicted molar refractivity (Wildman–Crippen MR) is 132 cm³/mol. The Balaban J connectivity index is 1.58. The van der Waals surface area contributed by atoms with Gasteiger partial charge in [-0.15, -0.1) is 0 Å². The Morgan fingerprint density at radius 2 is 1.14 bits per heavy atom. The molecule has 4 nitrogen and oxygen atoms in total. The van der Waals surface area contributed by atoms with Crippen LogP contribution in [-0.2, 0) is 20.6 Å². The zero-order chi connectivity index (χ0) is 26.3. The third kappa shape index (κ3) is 2.88. The number of amides is 2. The minimum atomic E-state index is -4.63. The summed E-state index contributed by atoms with van der Waals surface area (Å²) in [6, 6.07) is 22.8. The molecule has 4 atom stereocenters. The van der Waals surface area contributed by atoms with E-state index in [0.29, 0.717) is 11.1 Å². The maximum absolute atomic E-state index is 14.2. The second-order valence-corrected chi connectivity index (χ2v) is 10.2. The summed E-state index contributed by atoms with van der Waals surface area (Å²) in [5.41, 5.74) is -0.799. The van der Waals surface area contributed by atoms with Crippen molar-refractivity contribution in [1.82, 2.24) is 0 Å². The lowest BCUT2D eigenvalue weighted by Crippen LogP contribution is -2.40. The van der Waals surface area contributed by atoms with Gasteiger partial charge in [-0.25, -0.2) is 4.90 Å². The molecule has 2 bridgehead atoms. The van der Waals surface area contributed by atoms with Crippen molar-refractivity contribution in [2.45, 2.75) is 20.0 Å². The van der Waals surface area contributed by atoms with Gasteiger partial charge in [0.05, 0.1) is 33.9 Å². The molecule has 4 unspecified atom stereocenters. The van der Waals surface area contributed by atoms with Crippen molar-refractivity contribution in [2.75, 3.05) is 4.90 Å². The zero-order valence-electron chi connectivity index (χ0n) is 20.0. The van der Waals surface area contributed by atoms with E-state index < -0.39 is 46.2 Å². The van der Waals surface area contributed by atoms with Crippen molar-refractivity contribution in [1.29, 1.82) is 0 Å². The van der Waals surface area contributed by atoms with E-state index >= 15 is 0 Å². The van der Waals surface area contributed by atoms with E-state index in [1.54, 1.807) is 13.8 Å². The van der Waals surface area contributed by atoms with E-state index in [2.05, 4.69) is 0 Å². The lowest BCUT2D eigenvalue weighted by molar-refractivity contribution is -0.137. The van der Waals surface area contributed by atoms with Crippen molar-refractivity contribution in [3.8, 4) is 0 Å². The number of benzene rings is 3. The van der Waals surface area contributed by atoms with Crippen LogP contribution in [0, 0.1) is 22.7 Å². The van der Waals surface area contributed by atoms with E-state index in [9.17, 15) is 27.6 Å². The largest absolute Gasteiger partial charge is 0.416 e. The number of hydrogen-bond donors (Lipinski definition) is 0. The first-order chi connectivity index (χ1) is 17.5. The summed E-state index contributed by atoms with van der Waals surface area (Å²) in [6.45, 7) is 3.41. The number of allylic oxidation sites excluding steroid dienone is 2. The number of halogens is 3. The number of alkyl halides is 3. The predicted octanol–water partition coefficient (Wildman–Crippen LogP) is 6.03. The Kier molecular flexibility index (Phi) is 4.75. The van der Waals surface area contributed by atoms with Crippen LogP contribution in [-0.4, -0.2) is 17.6 Å². The average Bonchev–Trinajstić information content (AvgIpc) is 3.34. The lowest BCUT2D eigenvalue weighted by Gasteiger charge is -2.35. The number of anilines is 1. The molecule has 1 saturated heterocycles. The third-order valence-electron chi connectivity index (χ3n) is 8.34. The fourth-order valence-corrected chi connectivity index (χ4v) is 6.89. The van der Waals surface area contributed by atoms with Crippen molar-refractivity contribution in [3.05, 3.63) is 102 Å². The first kappa shape index (κ1) is 23.4. The van der Waals surface area contributed by atoms with Gasteiger partial charge in [0.15, 0.2) is 5.78 Å². The number of ketones is 1. The second-order valence-electron chi connectivity index (χ2n) is 10.2. The zero-order valence-corrected chi connectivity index (χ0v) is 20.0. The van der Waals surface area contributed by atoms with Gasteiger partial charge in [0.2, 0.25) is 11.8 Å². The molecule has 0 aromatic heterocycles. The number of hydrogen-bond acceptors (Lipinski definition) is 3. The van der Waals surface area contributed by atoms with Crippen molar-refractivity contribution in [2.24, 2.45) is 22.7 Å². The number of carbonyl (C=O) groups excluding carboxylic acids is 3. The number of fused-ring (bicyclic) bond motifs is 5. The molecule has 3 aliphatic rings. The fourth-order valence-electron chi connectivity index (χ4n) is 6.89. The second kappa shape index (κ2) is 7.51. The summed E-state index contributed by atoms with van der Waals surface area (Å²) in [5.74, 6) is -3.54. The van der Waals surface area contributed by atoms with Crippen molar-refractivity contribution in [3.63, 3.8) is 0 Å². The topological polar surface area (TPSA) is 54.5 Å². The molecular weight excluding hydrogens is 479 g/mol. The molecule has 2 aliphatic carbocycles. The number of imide groups is 1. The first-order valence-electron chi connectivity index (χ1n) is 12.0. The number of carbonyl (C=O) groups is 3. The Morgan fingerprint density at radius 3 is 1.57 bits per heavy atom. The van der Waals surface area contributed by atoms with Crippen LogP contribution in [0.5, 0.6) is 0 Å². The lowest BCUT2D eigenvalue weighted by atomic mass is 9.63. The van der Waals surface area contributed by atoms with Crippen LogP contribution >= 0.6 is 0 Å². The van der Waals surface area contributed by atoms with E-state index in [1.165, 1.54) is 12.1 Å². The summed E-state index contributed by atoms with van der Waals surface area (Å²) in [6.07, 6.45) is -4.63. The summed E-state index contributed by atoms with van der Waals surface area (Å²) < 4.78 is 40.3. The summed E-state index contributed by atoms with van der Waals surface area (Å²) >= 11 is 0. The Labute approximate surface area is 211 Å². The number of Topliss-reactive ketones (excluding diaryl/α,β-unsaturated/α-hetero) is 1. The molecule has 3 aromatic rings. The monoisotopic (exact) mass is 501 g/mol. The smallest absolute Gasteiger partial charge is 0.298 e. The SMILES string of the molecule is CC12C(=O)C(C)(C(c3ccccc3)=C1c1ccccc1)C1C(=O)N(c3cccc(C(F)(F)F)c3)C(=O)C12. The highest BCUT2D eigenvalue weighted by Gasteiger charge is 2.78. The van der Waals surface area contributed by atoms with Gasteiger partial charge in [0.25, 0.3) is 0 Å². The van der Waals surface area contributed by atoms with Crippen LogP contribution in [0.4, 0.5) is 18.9 Å². The van der Waals surface area contributed by atoms with Crippen LogP contribution in [0.2, 0.25) is 0 Å². The number of rotatable bonds is 3. The van der Waals surface area contributed by atoms with Gasteiger partial charge in [-0.3, -0.25) is 14.4 Å². The minimum Gasteiger partial charge on any atom is -0.298 e. The highest BCUT2D eigenvalue weighted by molar-refractivity contribution is 6.34. The molecule has 2 amide bonds. The highest BCUT2D eigenvalue weighted by atomic mass is 19.4. The molecule has 2 fully saturated rings. The number of nitrogens with zero attached hydrogens (tertiary/aromatic N) is 1. The van der Waals surface area contributed by atoms with Crippen molar-refractivity contribution < 1.29 is 27.6 Å². The molecule has 0 radical (unpaired) electrons. The quantitative estimate of drug-likeness (QED) is 0.412. The molecule has 1 aliphatic heterocycles. The Bertz CT molecular complexity index is 1430. The van der Waals surface area contributed by atoms with Gasteiger partial charge in [0.1, 0.15) is 0 Å². The van der Waals surface area contributed by atoms with Crippen LogP contribution in [0.15, 0.2) is 84.9 Å². The minimum absolute atomic E-state index is 0.138. The highest BCUT2D eigenvalue weighted by Crippen LogP contribution is 2.73. The van der Waals surface area contributed by atoms with Gasteiger partial charge < -0.3 is 0 Å². The van der Waals surface area contributed by atoms with Gasteiger partial charge in [-0.1, -0.05) is 66.7 Å². The molecule has 7 heteroatoms. The van der Waals surface area contributed by atoms with Gasteiger partial charge in [0, 0.05) is 0 Å². The third-order valence-corrected chi connectivity index (χ3v) is 8.34. The fraction of sp³-hybridized carbons (Fsp3) is 0.233. The van der Waals surface area contributed by atoms with Gasteiger partial charge >= 0.3 is 6.18 Å². The summed E-state index contributed by atoms with van der Waals surface area (Å²) in [7, 11) is 0. The van der Waals surface area contributed by atoms with E-state index in [-0.39, 0.29) is 11.5 Å². The van der Waals surface area contributed by atoms with Crippen molar-refractivity contribution >= 4 is 34.4 Å². The molecule has 186 valence electrons. The molecule has 0 N–H and O–H groups in total. The molecular formula is C30H22F3NO3. The summed E-state index contributed by atoms with van der Waals surface area (Å²) in [4.78, 5) is 42.9.